The van der Waals surface area contributed by atoms with Gasteiger partial charge < -0.3 is 5.32 Å². The average Bonchev–Trinajstić information content (AvgIpc) is 2.15. The maximum absolute atomic E-state index is 8.32. The van der Waals surface area contributed by atoms with Crippen LogP contribution in [0.1, 0.15) is 12.8 Å². The fourth-order valence-corrected chi connectivity index (χ4v) is 1.29. The fourth-order valence-electron chi connectivity index (χ4n) is 0.890. The molecule has 0 aliphatic heterocycles. The maximum atomic E-state index is 8.32. The van der Waals surface area contributed by atoms with Gasteiger partial charge in [-0.25, -0.2) is 4.98 Å². The summed E-state index contributed by atoms with van der Waals surface area (Å²) in [5.74, 6) is 0.834. The third-order valence-corrected chi connectivity index (χ3v) is 2.16. The number of aromatic nitrogens is 1. The highest BCUT2D eigenvalue weighted by Gasteiger charge is 1.97. The van der Waals surface area contributed by atoms with Crippen LogP contribution in [0.15, 0.2) is 22.8 Å². The van der Waals surface area contributed by atoms with E-state index in [0.717, 1.165) is 23.3 Å². The lowest BCUT2D eigenvalue weighted by atomic mass is 10.3. The van der Waals surface area contributed by atoms with E-state index in [4.69, 9.17) is 5.26 Å². The molecule has 1 aromatic heterocycles. The molecular weight excluding hydrogens is 230 g/mol. The van der Waals surface area contributed by atoms with Crippen molar-refractivity contribution < 1.29 is 0 Å². The average molecular weight is 240 g/mol. The van der Waals surface area contributed by atoms with Crippen molar-refractivity contribution >= 4 is 21.7 Å². The van der Waals surface area contributed by atoms with Gasteiger partial charge in [-0.3, -0.25) is 0 Å². The van der Waals surface area contributed by atoms with Crippen molar-refractivity contribution in [3.63, 3.8) is 0 Å². The summed E-state index contributed by atoms with van der Waals surface area (Å²) in [5.41, 5.74) is 0. The fraction of sp³-hybridized carbons (Fsp3) is 0.333. The molecule has 0 saturated carbocycles. The van der Waals surface area contributed by atoms with Gasteiger partial charge in [0.05, 0.1) is 10.5 Å². The Labute approximate surface area is 85.9 Å². The number of pyridine rings is 1. The van der Waals surface area contributed by atoms with Crippen LogP contribution < -0.4 is 5.32 Å². The summed E-state index contributed by atoms with van der Waals surface area (Å²) in [6.07, 6.45) is 3.16. The van der Waals surface area contributed by atoms with Gasteiger partial charge in [0.25, 0.3) is 0 Å². The van der Waals surface area contributed by atoms with E-state index in [-0.39, 0.29) is 0 Å². The number of nitriles is 1. The SMILES string of the molecule is N#CCCCNc1ncccc1Br. The third-order valence-electron chi connectivity index (χ3n) is 1.52. The van der Waals surface area contributed by atoms with Crippen molar-refractivity contribution in [2.75, 3.05) is 11.9 Å². The number of hydrogen-bond donors (Lipinski definition) is 1. The first-order valence-electron chi connectivity index (χ1n) is 4.06. The Morgan fingerprint density at radius 3 is 3.15 bits per heavy atom. The minimum atomic E-state index is 0.581. The number of halogens is 1. The molecule has 3 nitrogen and oxygen atoms in total. The van der Waals surface area contributed by atoms with Gasteiger partial charge in [-0.1, -0.05) is 0 Å². The van der Waals surface area contributed by atoms with Gasteiger partial charge in [0, 0.05) is 19.2 Å². The molecule has 0 saturated heterocycles. The van der Waals surface area contributed by atoms with Gasteiger partial charge in [-0.05, 0) is 34.5 Å². The van der Waals surface area contributed by atoms with Crippen LogP contribution in [0.4, 0.5) is 5.82 Å². The Hall–Kier alpha value is -1.08. The second-order valence-electron chi connectivity index (χ2n) is 2.52. The highest BCUT2D eigenvalue weighted by atomic mass is 79.9. The molecule has 0 atom stereocenters. The van der Waals surface area contributed by atoms with Gasteiger partial charge >= 0.3 is 0 Å². The lowest BCUT2D eigenvalue weighted by molar-refractivity contribution is 0.891. The number of nitrogens with zero attached hydrogens (tertiary/aromatic N) is 2. The Kier molecular flexibility index (Phi) is 4.27. The van der Waals surface area contributed by atoms with Gasteiger partial charge in [0.1, 0.15) is 5.82 Å². The van der Waals surface area contributed by atoms with Crippen molar-refractivity contribution in [2.24, 2.45) is 0 Å². The van der Waals surface area contributed by atoms with Crippen LogP contribution in [-0.4, -0.2) is 11.5 Å². The summed E-state index contributed by atoms with van der Waals surface area (Å²) in [6.45, 7) is 0.781. The normalized spacial score (nSPS) is 9.23. The molecule has 13 heavy (non-hydrogen) atoms. The number of anilines is 1. The molecule has 1 heterocycles. The van der Waals surface area contributed by atoms with Gasteiger partial charge in [-0.2, -0.15) is 5.26 Å². The van der Waals surface area contributed by atoms with E-state index in [1.165, 1.54) is 0 Å². The minimum Gasteiger partial charge on any atom is -0.369 e. The molecule has 1 rings (SSSR count). The minimum absolute atomic E-state index is 0.581. The summed E-state index contributed by atoms with van der Waals surface area (Å²) in [6, 6.07) is 5.89. The number of unbranched alkanes of at least 4 members (excludes halogenated alkanes) is 1. The Balaban J connectivity index is 2.37. The number of rotatable bonds is 4. The predicted molar refractivity (Wildman–Crippen MR) is 55.3 cm³/mol. The summed E-state index contributed by atoms with van der Waals surface area (Å²) < 4.78 is 0.951. The molecule has 68 valence electrons. The summed E-state index contributed by atoms with van der Waals surface area (Å²) in [4.78, 5) is 4.14. The second-order valence-corrected chi connectivity index (χ2v) is 3.38. The van der Waals surface area contributed by atoms with Crippen molar-refractivity contribution in [1.29, 1.82) is 5.26 Å². The van der Waals surface area contributed by atoms with E-state index in [1.807, 2.05) is 12.1 Å². The van der Waals surface area contributed by atoms with Crippen molar-refractivity contribution in [3.8, 4) is 6.07 Å². The van der Waals surface area contributed by atoms with E-state index in [2.05, 4.69) is 32.3 Å². The predicted octanol–water partition coefficient (Wildman–Crippen LogP) is 2.56. The van der Waals surface area contributed by atoms with Crippen LogP contribution in [0.2, 0.25) is 0 Å². The molecule has 0 aliphatic rings. The first kappa shape index (κ1) is 10.0. The van der Waals surface area contributed by atoms with E-state index in [1.54, 1.807) is 6.20 Å². The van der Waals surface area contributed by atoms with Gasteiger partial charge in [0.15, 0.2) is 0 Å². The summed E-state index contributed by atoms with van der Waals surface area (Å²) in [5, 5.41) is 11.5. The molecule has 0 fully saturated rings. The third kappa shape index (κ3) is 3.43. The van der Waals surface area contributed by atoms with Crippen molar-refractivity contribution in [1.82, 2.24) is 4.98 Å². The van der Waals surface area contributed by atoms with Crippen molar-refractivity contribution in [2.45, 2.75) is 12.8 Å². The van der Waals surface area contributed by atoms with Crippen LogP contribution in [0.25, 0.3) is 0 Å². The Morgan fingerprint density at radius 2 is 2.46 bits per heavy atom. The zero-order valence-electron chi connectivity index (χ0n) is 7.13. The molecule has 0 aliphatic carbocycles. The smallest absolute Gasteiger partial charge is 0.140 e. The van der Waals surface area contributed by atoms with Crippen LogP contribution in [0.3, 0.4) is 0 Å². The molecule has 0 radical (unpaired) electrons. The first-order chi connectivity index (χ1) is 6.34. The molecule has 0 bridgehead atoms. The lowest BCUT2D eigenvalue weighted by Crippen LogP contribution is -2.03. The summed E-state index contributed by atoms with van der Waals surface area (Å²) >= 11 is 3.38. The maximum Gasteiger partial charge on any atom is 0.140 e. The highest BCUT2D eigenvalue weighted by Crippen LogP contribution is 2.17. The van der Waals surface area contributed by atoms with E-state index >= 15 is 0 Å². The molecule has 0 amide bonds. The second kappa shape index (κ2) is 5.55. The molecule has 4 heteroatoms. The molecule has 1 N–H and O–H groups in total. The van der Waals surface area contributed by atoms with E-state index in [0.29, 0.717) is 6.42 Å². The molecular formula is C9H10BrN3. The van der Waals surface area contributed by atoms with Crippen LogP contribution in [0, 0.1) is 11.3 Å². The number of nitrogens with one attached hydrogen (secondary N) is 1. The van der Waals surface area contributed by atoms with Gasteiger partial charge in [0.2, 0.25) is 0 Å². The van der Waals surface area contributed by atoms with Gasteiger partial charge in [-0.15, -0.1) is 0 Å². The Morgan fingerprint density at radius 1 is 1.62 bits per heavy atom. The quantitative estimate of drug-likeness (QED) is 0.822. The van der Waals surface area contributed by atoms with Crippen molar-refractivity contribution in [3.05, 3.63) is 22.8 Å². The molecule has 0 spiro atoms. The lowest BCUT2D eigenvalue weighted by Gasteiger charge is -2.04. The monoisotopic (exact) mass is 239 g/mol. The van der Waals surface area contributed by atoms with E-state index < -0.39 is 0 Å². The van der Waals surface area contributed by atoms with Crippen LogP contribution in [0.5, 0.6) is 0 Å². The highest BCUT2D eigenvalue weighted by molar-refractivity contribution is 9.10. The van der Waals surface area contributed by atoms with E-state index in [9.17, 15) is 0 Å². The zero-order valence-corrected chi connectivity index (χ0v) is 8.71. The molecule has 0 aromatic carbocycles. The Bertz CT molecular complexity index is 306. The van der Waals surface area contributed by atoms with Crippen LogP contribution >= 0.6 is 15.9 Å². The largest absolute Gasteiger partial charge is 0.369 e. The topological polar surface area (TPSA) is 48.7 Å². The molecule has 0 unspecified atom stereocenters. The summed E-state index contributed by atoms with van der Waals surface area (Å²) in [7, 11) is 0. The zero-order chi connectivity index (χ0) is 9.52. The number of hydrogen-bond acceptors (Lipinski definition) is 3. The molecule has 1 aromatic rings. The first-order valence-corrected chi connectivity index (χ1v) is 4.85. The van der Waals surface area contributed by atoms with Crippen LogP contribution in [-0.2, 0) is 0 Å². The standard InChI is InChI=1S/C9H10BrN3/c10-8-4-3-7-13-9(8)12-6-2-1-5-11/h3-4,7H,1-2,6H2,(H,12,13).